The number of hydrogen-bond donors (Lipinski definition) is 1. The molecule has 11 heavy (non-hydrogen) atoms. The lowest BCUT2D eigenvalue weighted by Crippen LogP contribution is -2.04. The molecule has 0 amide bonds. The average Bonchev–Trinajstić information content (AvgIpc) is 2.37. The molecule has 1 unspecified atom stereocenters. The topological polar surface area (TPSA) is 52.0 Å². The molecular formula is C8H14N2O. The molecule has 1 atom stereocenters. The van der Waals surface area contributed by atoms with E-state index in [9.17, 15) is 0 Å². The molecule has 0 spiro atoms. The number of aryl methyl sites for hydroxylation is 1. The van der Waals surface area contributed by atoms with Crippen LogP contribution in [0.5, 0.6) is 0 Å². The maximum absolute atomic E-state index is 5.57. The second kappa shape index (κ2) is 3.53. The Morgan fingerprint density at radius 3 is 2.91 bits per heavy atom. The quantitative estimate of drug-likeness (QED) is 0.720. The van der Waals surface area contributed by atoms with Crippen molar-refractivity contribution in [3.63, 3.8) is 0 Å². The fourth-order valence-electron chi connectivity index (χ4n) is 0.895. The van der Waals surface area contributed by atoms with Crippen molar-refractivity contribution >= 4 is 0 Å². The summed E-state index contributed by atoms with van der Waals surface area (Å²) >= 11 is 0. The highest BCUT2D eigenvalue weighted by molar-refractivity contribution is 4.96. The van der Waals surface area contributed by atoms with Crippen molar-refractivity contribution in [2.75, 3.05) is 0 Å². The predicted molar refractivity (Wildman–Crippen MR) is 43.1 cm³/mol. The van der Waals surface area contributed by atoms with Gasteiger partial charge in [0.15, 0.2) is 0 Å². The summed E-state index contributed by atoms with van der Waals surface area (Å²) in [5.41, 5.74) is 5.57. The van der Waals surface area contributed by atoms with Gasteiger partial charge in [-0.3, -0.25) is 0 Å². The molecule has 0 radical (unpaired) electrons. The number of aromatic nitrogens is 1. The first-order valence-electron chi connectivity index (χ1n) is 3.94. The van der Waals surface area contributed by atoms with Gasteiger partial charge in [0.05, 0.1) is 12.2 Å². The van der Waals surface area contributed by atoms with Gasteiger partial charge in [0.2, 0.25) is 5.89 Å². The van der Waals surface area contributed by atoms with Crippen LogP contribution in [0.25, 0.3) is 0 Å². The van der Waals surface area contributed by atoms with E-state index in [1.807, 2.05) is 6.92 Å². The minimum absolute atomic E-state index is 0.0967. The maximum atomic E-state index is 5.57. The lowest BCUT2D eigenvalue weighted by Gasteiger charge is -1.96. The minimum atomic E-state index is -0.0967. The Kier molecular flexibility index (Phi) is 2.65. The minimum Gasteiger partial charge on any atom is -0.444 e. The van der Waals surface area contributed by atoms with Crippen LogP contribution < -0.4 is 5.73 Å². The van der Waals surface area contributed by atoms with E-state index >= 15 is 0 Å². The Balaban J connectivity index is 2.66. The van der Waals surface area contributed by atoms with Crippen LogP contribution in [0, 0.1) is 0 Å². The summed E-state index contributed by atoms with van der Waals surface area (Å²) in [4.78, 5) is 4.04. The fourth-order valence-corrected chi connectivity index (χ4v) is 0.895. The molecule has 0 aliphatic heterocycles. The molecule has 0 aromatic carbocycles. The molecule has 0 fully saturated rings. The Hall–Kier alpha value is -0.830. The fraction of sp³-hybridized carbons (Fsp3) is 0.625. The molecule has 0 saturated heterocycles. The van der Waals surface area contributed by atoms with E-state index in [0.717, 1.165) is 18.6 Å². The maximum Gasteiger partial charge on any atom is 0.210 e. The van der Waals surface area contributed by atoms with Crippen molar-refractivity contribution in [3.8, 4) is 0 Å². The molecular weight excluding hydrogens is 140 g/mol. The van der Waals surface area contributed by atoms with E-state index in [-0.39, 0.29) is 6.04 Å². The van der Waals surface area contributed by atoms with Crippen molar-refractivity contribution in [2.45, 2.75) is 32.7 Å². The highest BCUT2D eigenvalue weighted by atomic mass is 16.4. The molecule has 1 rings (SSSR count). The number of rotatable bonds is 3. The van der Waals surface area contributed by atoms with E-state index in [0.29, 0.717) is 5.89 Å². The van der Waals surface area contributed by atoms with E-state index in [2.05, 4.69) is 11.9 Å². The zero-order chi connectivity index (χ0) is 8.27. The van der Waals surface area contributed by atoms with Gasteiger partial charge in [-0.1, -0.05) is 6.92 Å². The first kappa shape index (κ1) is 8.27. The van der Waals surface area contributed by atoms with E-state index in [1.165, 1.54) is 0 Å². The largest absolute Gasteiger partial charge is 0.444 e. The van der Waals surface area contributed by atoms with Crippen LogP contribution in [-0.4, -0.2) is 4.98 Å². The van der Waals surface area contributed by atoms with Gasteiger partial charge in [-0.05, 0) is 13.3 Å². The summed E-state index contributed by atoms with van der Waals surface area (Å²) in [5.74, 6) is 1.56. The van der Waals surface area contributed by atoms with Gasteiger partial charge in [-0.15, -0.1) is 0 Å². The third-order valence-corrected chi connectivity index (χ3v) is 1.46. The average molecular weight is 154 g/mol. The molecule has 0 bridgehead atoms. The van der Waals surface area contributed by atoms with Crippen LogP contribution in [0.3, 0.4) is 0 Å². The van der Waals surface area contributed by atoms with Gasteiger partial charge < -0.3 is 10.2 Å². The molecule has 62 valence electrons. The first-order chi connectivity index (χ1) is 5.24. The second-order valence-corrected chi connectivity index (χ2v) is 2.70. The molecule has 0 saturated carbocycles. The number of hydrogen-bond acceptors (Lipinski definition) is 3. The molecule has 1 aromatic heterocycles. The van der Waals surface area contributed by atoms with Crippen LogP contribution >= 0.6 is 0 Å². The summed E-state index contributed by atoms with van der Waals surface area (Å²) in [6.07, 6.45) is 3.77. The van der Waals surface area contributed by atoms with Crippen molar-refractivity contribution in [1.29, 1.82) is 0 Å². The van der Waals surface area contributed by atoms with Crippen LogP contribution in [0.15, 0.2) is 10.6 Å². The SMILES string of the molecule is CCCc1cnc(C(C)N)o1. The highest BCUT2D eigenvalue weighted by Gasteiger charge is 2.06. The Morgan fingerprint density at radius 2 is 2.45 bits per heavy atom. The molecule has 0 aliphatic carbocycles. The Bertz CT molecular complexity index is 218. The number of oxazole rings is 1. The smallest absolute Gasteiger partial charge is 0.210 e. The number of nitrogens with two attached hydrogens (primary N) is 1. The lowest BCUT2D eigenvalue weighted by atomic mass is 10.3. The summed E-state index contributed by atoms with van der Waals surface area (Å²) in [7, 11) is 0. The van der Waals surface area contributed by atoms with E-state index in [1.54, 1.807) is 6.20 Å². The summed E-state index contributed by atoms with van der Waals surface area (Å²) in [6, 6.07) is -0.0967. The standard InChI is InChI=1S/C8H14N2O/c1-3-4-7-5-10-8(11-7)6(2)9/h5-6H,3-4,9H2,1-2H3. The van der Waals surface area contributed by atoms with Crippen molar-refractivity contribution in [3.05, 3.63) is 17.8 Å². The van der Waals surface area contributed by atoms with Gasteiger partial charge in [0, 0.05) is 6.42 Å². The van der Waals surface area contributed by atoms with Crippen LogP contribution in [0.4, 0.5) is 0 Å². The zero-order valence-corrected chi connectivity index (χ0v) is 7.00. The van der Waals surface area contributed by atoms with Gasteiger partial charge in [-0.25, -0.2) is 4.98 Å². The van der Waals surface area contributed by atoms with Gasteiger partial charge in [0.1, 0.15) is 5.76 Å². The predicted octanol–water partition coefficient (Wildman–Crippen LogP) is 1.65. The van der Waals surface area contributed by atoms with E-state index < -0.39 is 0 Å². The zero-order valence-electron chi connectivity index (χ0n) is 7.00. The summed E-state index contributed by atoms with van der Waals surface area (Å²) in [6.45, 7) is 3.97. The summed E-state index contributed by atoms with van der Waals surface area (Å²) in [5, 5.41) is 0. The normalized spacial score (nSPS) is 13.4. The molecule has 3 nitrogen and oxygen atoms in total. The molecule has 3 heteroatoms. The molecule has 1 heterocycles. The molecule has 1 aromatic rings. The summed E-state index contributed by atoms with van der Waals surface area (Å²) < 4.78 is 5.35. The van der Waals surface area contributed by atoms with Gasteiger partial charge >= 0.3 is 0 Å². The van der Waals surface area contributed by atoms with E-state index in [4.69, 9.17) is 10.2 Å². The molecule has 0 aliphatic rings. The number of nitrogens with zero attached hydrogens (tertiary/aromatic N) is 1. The van der Waals surface area contributed by atoms with Crippen LogP contribution in [-0.2, 0) is 6.42 Å². The van der Waals surface area contributed by atoms with Gasteiger partial charge in [0.25, 0.3) is 0 Å². The van der Waals surface area contributed by atoms with Gasteiger partial charge in [-0.2, -0.15) is 0 Å². The van der Waals surface area contributed by atoms with Crippen LogP contribution in [0.1, 0.15) is 38.0 Å². The van der Waals surface area contributed by atoms with Crippen molar-refractivity contribution in [1.82, 2.24) is 4.98 Å². The van der Waals surface area contributed by atoms with Crippen molar-refractivity contribution < 1.29 is 4.42 Å². The second-order valence-electron chi connectivity index (χ2n) is 2.70. The molecule has 2 N–H and O–H groups in total. The Morgan fingerprint density at radius 1 is 1.73 bits per heavy atom. The van der Waals surface area contributed by atoms with Crippen LogP contribution in [0.2, 0.25) is 0 Å². The third kappa shape index (κ3) is 2.05. The first-order valence-corrected chi connectivity index (χ1v) is 3.94. The Labute approximate surface area is 66.6 Å². The highest BCUT2D eigenvalue weighted by Crippen LogP contribution is 2.11. The monoisotopic (exact) mass is 154 g/mol. The third-order valence-electron chi connectivity index (χ3n) is 1.46. The van der Waals surface area contributed by atoms with Crippen molar-refractivity contribution in [2.24, 2.45) is 5.73 Å². The lowest BCUT2D eigenvalue weighted by molar-refractivity contribution is 0.429.